The molecule has 3 heterocycles. The first-order chi connectivity index (χ1) is 18.9. The summed E-state index contributed by atoms with van der Waals surface area (Å²) in [5, 5.41) is 1.93. The second-order valence-corrected chi connectivity index (χ2v) is 9.92. The van der Waals surface area contributed by atoms with Gasteiger partial charge in [-0.3, -0.25) is 18.8 Å². The van der Waals surface area contributed by atoms with E-state index in [0.29, 0.717) is 27.5 Å². The maximum atomic E-state index is 12.4. The molecular weight excluding hydrogens is 533 g/mol. The fourth-order valence-corrected chi connectivity index (χ4v) is 5.61. The summed E-state index contributed by atoms with van der Waals surface area (Å²) in [5.41, 5.74) is 6.33. The van der Waals surface area contributed by atoms with Crippen LogP contribution in [0.15, 0.2) is 90.1 Å². The third kappa shape index (κ3) is 4.05. The monoisotopic (exact) mass is 551 g/mol. The molecule has 39 heavy (non-hydrogen) atoms. The summed E-state index contributed by atoms with van der Waals surface area (Å²) in [6.07, 6.45) is 6.01. The molecular formula is C31H19Cl2N3O3. The predicted octanol–water partition coefficient (Wildman–Crippen LogP) is 7.12. The summed E-state index contributed by atoms with van der Waals surface area (Å²) < 4.78 is 3.25. The highest BCUT2D eigenvalue weighted by Crippen LogP contribution is 2.42. The van der Waals surface area contributed by atoms with Gasteiger partial charge < -0.3 is 4.57 Å². The maximum absolute atomic E-state index is 12.4. The summed E-state index contributed by atoms with van der Waals surface area (Å²) >= 11 is 14.0. The van der Waals surface area contributed by atoms with Crippen LogP contribution in [-0.2, 0) is 7.05 Å². The van der Waals surface area contributed by atoms with Gasteiger partial charge in [-0.05, 0) is 29.3 Å². The van der Waals surface area contributed by atoms with E-state index >= 15 is 0 Å². The van der Waals surface area contributed by atoms with Crippen LogP contribution in [0.5, 0.6) is 0 Å². The van der Waals surface area contributed by atoms with Crippen molar-refractivity contribution in [2.45, 2.75) is 0 Å². The molecule has 0 amide bonds. The third-order valence-corrected chi connectivity index (χ3v) is 7.74. The number of aryl methyl sites for hydroxylation is 1. The van der Waals surface area contributed by atoms with Gasteiger partial charge in [-0.25, -0.2) is 4.98 Å². The summed E-state index contributed by atoms with van der Waals surface area (Å²) in [6.45, 7) is 0. The minimum atomic E-state index is -0.430. The van der Waals surface area contributed by atoms with E-state index in [4.69, 9.17) is 23.2 Å². The minimum Gasteiger partial charge on any atom is -0.350 e. The Bertz CT molecular complexity index is 2020. The first-order valence-electron chi connectivity index (χ1n) is 12.0. The number of hydrogen-bond acceptors (Lipinski definition) is 4. The Kier molecular flexibility index (Phi) is 6.14. The normalized spacial score (nSPS) is 11.3. The van der Waals surface area contributed by atoms with Crippen LogP contribution in [0.1, 0.15) is 20.7 Å². The van der Waals surface area contributed by atoms with E-state index in [9.17, 15) is 14.4 Å². The molecule has 0 aliphatic rings. The molecule has 0 fully saturated rings. The zero-order valence-electron chi connectivity index (χ0n) is 20.6. The van der Waals surface area contributed by atoms with Crippen LogP contribution >= 0.6 is 23.2 Å². The lowest BCUT2D eigenvalue weighted by atomic mass is 9.95. The van der Waals surface area contributed by atoms with Crippen molar-refractivity contribution < 1.29 is 9.59 Å². The van der Waals surface area contributed by atoms with Crippen LogP contribution in [0, 0.1) is 0 Å². The number of aldehydes is 2. The van der Waals surface area contributed by atoms with E-state index in [1.807, 2.05) is 72.4 Å². The molecule has 0 aliphatic carbocycles. The average molecular weight is 552 g/mol. The summed E-state index contributed by atoms with van der Waals surface area (Å²) in [4.78, 5) is 39.2. The van der Waals surface area contributed by atoms with Gasteiger partial charge in [0.1, 0.15) is 5.65 Å². The van der Waals surface area contributed by atoms with Crippen molar-refractivity contribution in [1.82, 2.24) is 14.0 Å². The fraction of sp³-hybridized carbons (Fsp3) is 0.0323. The number of halogens is 2. The number of nitrogens with zero attached hydrogens (tertiary/aromatic N) is 3. The van der Waals surface area contributed by atoms with Crippen molar-refractivity contribution in [1.29, 1.82) is 0 Å². The zero-order valence-corrected chi connectivity index (χ0v) is 22.1. The van der Waals surface area contributed by atoms with Crippen LogP contribution in [0.3, 0.4) is 0 Å². The number of rotatable bonds is 5. The van der Waals surface area contributed by atoms with Crippen LogP contribution in [-0.4, -0.2) is 26.5 Å². The zero-order chi connectivity index (χ0) is 27.3. The van der Waals surface area contributed by atoms with Gasteiger partial charge in [0.05, 0.1) is 15.6 Å². The standard InChI is InChI=1S/C31H19Cl2N3O3/c1-35-15-21(17-38)22-9-8-18(12-27(22)35)23-4-2-6-25(29(23)32)26-7-3-5-24(30(26)33)19-10-11-36-28(13-19)34-14-20(16-37)31(36)39/h2-17H,1H3. The van der Waals surface area contributed by atoms with Gasteiger partial charge in [-0.1, -0.05) is 71.7 Å². The highest BCUT2D eigenvalue weighted by molar-refractivity contribution is 6.39. The van der Waals surface area contributed by atoms with Gasteiger partial charge in [0.25, 0.3) is 5.56 Å². The Morgan fingerprint density at radius 1 is 0.769 bits per heavy atom. The number of fused-ring (bicyclic) bond motifs is 2. The molecule has 0 unspecified atom stereocenters. The summed E-state index contributed by atoms with van der Waals surface area (Å²) in [6, 6.07) is 20.9. The smallest absolute Gasteiger partial charge is 0.268 e. The number of benzene rings is 3. The molecule has 6 nitrogen and oxygen atoms in total. The lowest BCUT2D eigenvalue weighted by Crippen LogP contribution is -2.18. The SMILES string of the molecule is Cn1cc(C=O)c2ccc(-c3cccc(-c4cccc(-c5ccn6c(=O)c(C=O)cnc6c5)c4Cl)c3Cl)cc21. The maximum Gasteiger partial charge on any atom is 0.268 e. The van der Waals surface area contributed by atoms with Gasteiger partial charge >= 0.3 is 0 Å². The number of pyridine rings is 1. The Balaban J connectivity index is 1.46. The van der Waals surface area contributed by atoms with Crippen molar-refractivity contribution >= 4 is 52.3 Å². The lowest BCUT2D eigenvalue weighted by molar-refractivity contribution is 0.111. The molecule has 0 N–H and O–H groups in total. The molecule has 190 valence electrons. The Hall–Kier alpha value is -4.52. The van der Waals surface area contributed by atoms with Crippen molar-refractivity contribution in [3.63, 3.8) is 0 Å². The fourth-order valence-electron chi connectivity index (χ4n) is 4.94. The van der Waals surface area contributed by atoms with Gasteiger partial charge in [-0.15, -0.1) is 0 Å². The van der Waals surface area contributed by atoms with Crippen LogP contribution in [0.4, 0.5) is 0 Å². The molecule has 3 aromatic heterocycles. The van der Waals surface area contributed by atoms with E-state index in [0.717, 1.165) is 50.6 Å². The summed E-state index contributed by atoms with van der Waals surface area (Å²) in [7, 11) is 1.91. The van der Waals surface area contributed by atoms with Crippen LogP contribution in [0.25, 0.3) is 49.9 Å². The summed E-state index contributed by atoms with van der Waals surface area (Å²) in [5.74, 6) is 0. The molecule has 3 aromatic carbocycles. The molecule has 8 heteroatoms. The average Bonchev–Trinajstić information content (AvgIpc) is 3.28. The lowest BCUT2D eigenvalue weighted by Gasteiger charge is -2.15. The van der Waals surface area contributed by atoms with Gasteiger partial charge in [0, 0.05) is 64.4 Å². The molecule has 6 aromatic rings. The van der Waals surface area contributed by atoms with Crippen molar-refractivity contribution in [3.05, 3.63) is 117 Å². The van der Waals surface area contributed by atoms with Crippen LogP contribution in [0.2, 0.25) is 10.0 Å². The first-order valence-corrected chi connectivity index (χ1v) is 12.8. The van der Waals surface area contributed by atoms with Crippen molar-refractivity contribution in [2.75, 3.05) is 0 Å². The van der Waals surface area contributed by atoms with E-state index in [1.54, 1.807) is 18.3 Å². The topological polar surface area (TPSA) is 73.4 Å². The molecule has 0 saturated carbocycles. The molecule has 0 spiro atoms. The largest absolute Gasteiger partial charge is 0.350 e. The molecule has 0 radical (unpaired) electrons. The Labute approximate surface area is 232 Å². The number of carbonyl (C=O) groups is 2. The van der Waals surface area contributed by atoms with Gasteiger partial charge in [0.15, 0.2) is 12.6 Å². The molecule has 6 rings (SSSR count). The third-order valence-electron chi connectivity index (χ3n) is 6.92. The van der Waals surface area contributed by atoms with Gasteiger partial charge in [0.2, 0.25) is 0 Å². The quantitative estimate of drug-likeness (QED) is 0.214. The number of aromatic nitrogens is 3. The molecule has 0 bridgehead atoms. The second kappa shape index (κ2) is 9.66. The molecule has 0 saturated heterocycles. The van der Waals surface area contributed by atoms with E-state index in [-0.39, 0.29) is 5.56 Å². The number of carbonyl (C=O) groups excluding carboxylic acids is 2. The van der Waals surface area contributed by atoms with E-state index < -0.39 is 5.56 Å². The van der Waals surface area contributed by atoms with E-state index in [2.05, 4.69) is 4.98 Å². The highest BCUT2D eigenvalue weighted by atomic mass is 35.5. The first kappa shape index (κ1) is 24.8. The van der Waals surface area contributed by atoms with Crippen LogP contribution < -0.4 is 5.56 Å². The second-order valence-electron chi connectivity index (χ2n) is 9.16. The van der Waals surface area contributed by atoms with E-state index in [1.165, 1.54) is 10.6 Å². The minimum absolute atomic E-state index is 0.00902. The Morgan fingerprint density at radius 2 is 1.38 bits per heavy atom. The number of hydrogen-bond donors (Lipinski definition) is 0. The van der Waals surface area contributed by atoms with Crippen molar-refractivity contribution in [3.8, 4) is 33.4 Å². The van der Waals surface area contributed by atoms with Gasteiger partial charge in [-0.2, -0.15) is 0 Å². The highest BCUT2D eigenvalue weighted by Gasteiger charge is 2.17. The molecule has 0 aliphatic heterocycles. The predicted molar refractivity (Wildman–Crippen MR) is 155 cm³/mol. The Morgan fingerprint density at radius 3 is 2.03 bits per heavy atom. The molecule has 0 atom stereocenters. The van der Waals surface area contributed by atoms with Crippen molar-refractivity contribution in [2.24, 2.45) is 7.05 Å².